The SMILES string of the molecule is O=S1C=CC=N[NH+]1[O-]. The van der Waals surface area contributed by atoms with Gasteiger partial charge in [-0.2, -0.15) is 8.79 Å². The Hall–Kier alpha value is -0.520. The van der Waals surface area contributed by atoms with Crippen LogP contribution in [-0.4, -0.2) is 10.4 Å². The van der Waals surface area contributed by atoms with Crippen LogP contribution in [0.4, 0.5) is 0 Å². The smallest absolute Gasteiger partial charge is 0.258 e. The molecule has 8 heavy (non-hydrogen) atoms. The largest absolute Gasteiger partial charge is 0.592 e. The van der Waals surface area contributed by atoms with E-state index in [1.165, 1.54) is 17.7 Å². The molecule has 1 aliphatic heterocycles. The summed E-state index contributed by atoms with van der Waals surface area (Å²) in [6, 6.07) is 0. The average Bonchev–Trinajstić information content (AvgIpc) is 1.77. The molecule has 1 aliphatic rings. The lowest BCUT2D eigenvalue weighted by molar-refractivity contribution is -0.707. The van der Waals surface area contributed by atoms with E-state index in [0.717, 1.165) is 0 Å². The Balaban J connectivity index is 2.74. The van der Waals surface area contributed by atoms with Crippen molar-refractivity contribution in [2.24, 2.45) is 5.10 Å². The van der Waals surface area contributed by atoms with Gasteiger partial charge in [0.15, 0.2) is 0 Å². The fraction of sp³-hybridized carbons (Fsp3) is 0. The topological polar surface area (TPSA) is 56.9 Å². The van der Waals surface area contributed by atoms with Crippen molar-refractivity contribution in [3.63, 3.8) is 0 Å². The van der Waals surface area contributed by atoms with E-state index in [1.54, 1.807) is 0 Å². The molecular weight excluding hydrogens is 128 g/mol. The summed E-state index contributed by atoms with van der Waals surface area (Å²) in [5.74, 6) is 0. The van der Waals surface area contributed by atoms with E-state index < -0.39 is 15.6 Å². The van der Waals surface area contributed by atoms with Gasteiger partial charge in [-0.25, -0.2) is 0 Å². The predicted molar refractivity (Wildman–Crippen MR) is 30.1 cm³/mol. The van der Waals surface area contributed by atoms with Crippen molar-refractivity contribution >= 4 is 17.2 Å². The monoisotopic (exact) mass is 132 g/mol. The minimum absolute atomic E-state index is 0.576. The van der Waals surface area contributed by atoms with Gasteiger partial charge in [-0.1, -0.05) is 5.10 Å². The van der Waals surface area contributed by atoms with Gasteiger partial charge < -0.3 is 5.21 Å². The molecule has 0 saturated carbocycles. The molecule has 4 nitrogen and oxygen atoms in total. The third-order valence-electron chi connectivity index (χ3n) is 0.640. The summed E-state index contributed by atoms with van der Waals surface area (Å²) in [5, 5.41) is 14.8. The van der Waals surface area contributed by atoms with Crippen molar-refractivity contribution in [3.8, 4) is 0 Å². The molecule has 0 aliphatic carbocycles. The molecule has 2 unspecified atom stereocenters. The molecule has 0 amide bonds. The van der Waals surface area contributed by atoms with E-state index >= 15 is 0 Å². The quantitative estimate of drug-likeness (QED) is 0.410. The van der Waals surface area contributed by atoms with Crippen molar-refractivity contribution in [2.75, 3.05) is 0 Å². The van der Waals surface area contributed by atoms with Crippen LogP contribution in [0.5, 0.6) is 0 Å². The van der Waals surface area contributed by atoms with Crippen molar-refractivity contribution in [3.05, 3.63) is 16.7 Å². The lowest BCUT2D eigenvalue weighted by Gasteiger charge is -2.10. The number of rotatable bonds is 0. The zero-order valence-corrected chi connectivity index (χ0v) is 4.72. The molecule has 1 rings (SSSR count). The number of allylic oxidation sites excluding steroid dienone is 1. The molecular formula is C3H4N2O2S. The van der Waals surface area contributed by atoms with E-state index in [0.29, 0.717) is 0 Å². The summed E-state index contributed by atoms with van der Waals surface area (Å²) in [6.45, 7) is 0. The van der Waals surface area contributed by atoms with Gasteiger partial charge in [-0.15, -0.1) is 0 Å². The zero-order chi connectivity index (χ0) is 5.98. The van der Waals surface area contributed by atoms with E-state index in [4.69, 9.17) is 0 Å². The molecule has 0 aromatic carbocycles. The minimum Gasteiger partial charge on any atom is -0.592 e. The van der Waals surface area contributed by atoms with E-state index in [9.17, 15) is 9.42 Å². The molecule has 0 saturated heterocycles. The molecule has 1 N–H and O–H groups in total. The van der Waals surface area contributed by atoms with Gasteiger partial charge in [0.2, 0.25) is 0 Å². The highest BCUT2D eigenvalue weighted by Gasteiger charge is 2.03. The van der Waals surface area contributed by atoms with Gasteiger partial charge in [0.25, 0.3) is 11.0 Å². The van der Waals surface area contributed by atoms with Gasteiger partial charge in [-0.05, 0) is 6.08 Å². The van der Waals surface area contributed by atoms with Crippen LogP contribution in [-0.2, 0) is 11.0 Å². The molecule has 5 heteroatoms. The second-order valence-electron chi connectivity index (χ2n) is 1.17. The first-order chi connectivity index (χ1) is 3.80. The van der Waals surface area contributed by atoms with E-state index in [2.05, 4.69) is 5.10 Å². The van der Waals surface area contributed by atoms with Crippen molar-refractivity contribution in [1.29, 1.82) is 0 Å². The number of nitrogens with zero attached hydrogens (tertiary/aromatic N) is 1. The molecule has 1 heterocycles. The van der Waals surface area contributed by atoms with Gasteiger partial charge >= 0.3 is 0 Å². The summed E-state index contributed by atoms with van der Waals surface area (Å²) in [7, 11) is -1.50. The Morgan fingerprint density at radius 1 is 1.75 bits per heavy atom. The Morgan fingerprint density at radius 2 is 2.50 bits per heavy atom. The molecule has 0 radical (unpaired) electrons. The Labute approximate surface area is 48.7 Å². The molecule has 44 valence electrons. The maximum atomic E-state index is 10.4. The summed E-state index contributed by atoms with van der Waals surface area (Å²) in [6.07, 6.45) is 2.81. The normalized spacial score (nSPS) is 35.6. The summed E-state index contributed by atoms with van der Waals surface area (Å²) >= 11 is 0. The first-order valence-corrected chi connectivity index (χ1v) is 3.17. The maximum Gasteiger partial charge on any atom is 0.258 e. The van der Waals surface area contributed by atoms with Crippen LogP contribution in [0.3, 0.4) is 0 Å². The predicted octanol–water partition coefficient (Wildman–Crippen LogP) is -1.45. The Kier molecular flexibility index (Phi) is 1.52. The highest BCUT2D eigenvalue weighted by molar-refractivity contribution is 7.81. The molecule has 0 bridgehead atoms. The first-order valence-electron chi connectivity index (χ1n) is 1.96. The van der Waals surface area contributed by atoms with Gasteiger partial charge in [0.05, 0.1) is 11.6 Å². The molecule has 0 spiro atoms. The molecule has 0 aromatic heterocycles. The number of nitrogens with one attached hydrogen (secondary N) is 1. The Bertz CT molecular complexity index is 165. The highest BCUT2D eigenvalue weighted by Crippen LogP contribution is 1.75. The third kappa shape index (κ3) is 1.00. The first kappa shape index (κ1) is 5.61. The second-order valence-corrected chi connectivity index (χ2v) is 2.39. The fourth-order valence-electron chi connectivity index (χ4n) is 0.321. The summed E-state index contributed by atoms with van der Waals surface area (Å²) in [4.78, 5) is 0. The highest BCUT2D eigenvalue weighted by atomic mass is 32.2. The van der Waals surface area contributed by atoms with Crippen LogP contribution >= 0.6 is 0 Å². The lowest BCUT2D eigenvalue weighted by atomic mass is 10.7. The second kappa shape index (κ2) is 2.17. The minimum atomic E-state index is -1.50. The van der Waals surface area contributed by atoms with Gasteiger partial charge in [0, 0.05) is 0 Å². The average molecular weight is 132 g/mol. The van der Waals surface area contributed by atoms with Crippen LogP contribution in [0.15, 0.2) is 16.6 Å². The number of quaternary nitrogens is 1. The van der Waals surface area contributed by atoms with Crippen LogP contribution in [0.25, 0.3) is 0 Å². The third-order valence-corrected chi connectivity index (χ3v) is 1.49. The standard InChI is InChI=1S/C3H4N2O2S/c6-5-4-2-1-3-8(5)7/h1-3,5H. The van der Waals surface area contributed by atoms with Crippen molar-refractivity contribution < 1.29 is 8.79 Å². The summed E-state index contributed by atoms with van der Waals surface area (Å²) in [5.41, 5.74) is 0. The molecule has 0 fully saturated rings. The Morgan fingerprint density at radius 3 is 2.88 bits per heavy atom. The van der Waals surface area contributed by atoms with Crippen LogP contribution in [0.1, 0.15) is 0 Å². The van der Waals surface area contributed by atoms with Crippen LogP contribution < -0.4 is 4.58 Å². The fourth-order valence-corrected chi connectivity index (χ4v) is 0.815. The van der Waals surface area contributed by atoms with E-state index in [-0.39, 0.29) is 0 Å². The van der Waals surface area contributed by atoms with E-state index in [1.807, 2.05) is 0 Å². The maximum absolute atomic E-state index is 10.4. The van der Waals surface area contributed by atoms with Crippen LogP contribution in [0.2, 0.25) is 0 Å². The number of hydrogen-bond acceptors (Lipinski definition) is 3. The zero-order valence-electron chi connectivity index (χ0n) is 3.90. The summed E-state index contributed by atoms with van der Waals surface area (Å²) < 4.78 is 9.78. The van der Waals surface area contributed by atoms with Crippen molar-refractivity contribution in [2.45, 2.75) is 0 Å². The van der Waals surface area contributed by atoms with Gasteiger partial charge in [-0.3, -0.25) is 0 Å². The number of hydrogen-bond donors (Lipinski definition) is 1. The van der Waals surface area contributed by atoms with Crippen molar-refractivity contribution in [1.82, 2.24) is 0 Å². The molecule has 0 aromatic rings. The molecule has 2 atom stereocenters. The lowest BCUT2D eigenvalue weighted by Crippen LogP contribution is -3.02. The van der Waals surface area contributed by atoms with Crippen LogP contribution in [0, 0.1) is 5.21 Å². The van der Waals surface area contributed by atoms with Gasteiger partial charge in [0.1, 0.15) is 0 Å².